The van der Waals surface area contributed by atoms with Crippen molar-refractivity contribution >= 4 is 29.1 Å². The second-order valence-electron chi connectivity index (χ2n) is 8.53. The molecule has 6 nitrogen and oxygen atoms in total. The fraction of sp³-hybridized carbons (Fsp3) is 0.500. The molecule has 31 heavy (non-hydrogen) atoms. The van der Waals surface area contributed by atoms with E-state index in [4.69, 9.17) is 11.6 Å². The maximum atomic E-state index is 13.1. The third-order valence-corrected chi connectivity index (χ3v) is 6.48. The lowest BCUT2D eigenvalue weighted by molar-refractivity contribution is -0.125. The third kappa shape index (κ3) is 5.49. The number of anilines is 1. The topological polar surface area (TPSA) is 73.5 Å². The summed E-state index contributed by atoms with van der Waals surface area (Å²) in [5.74, 6) is -0.498. The van der Waals surface area contributed by atoms with E-state index in [0.717, 1.165) is 42.9 Å². The highest BCUT2D eigenvalue weighted by Gasteiger charge is 2.29. The number of carbonyl (C=O) groups is 2. The minimum absolute atomic E-state index is 0.0561. The normalized spacial score (nSPS) is 21.8. The molecule has 0 spiro atoms. The Morgan fingerprint density at radius 2 is 2.03 bits per heavy atom. The molecule has 0 saturated carbocycles. The summed E-state index contributed by atoms with van der Waals surface area (Å²) < 4.78 is 0. The molecule has 1 aromatic rings. The number of halogens is 1. The lowest BCUT2D eigenvalue weighted by Gasteiger charge is -2.37. The van der Waals surface area contributed by atoms with Crippen molar-refractivity contribution in [1.29, 1.82) is 0 Å². The van der Waals surface area contributed by atoms with E-state index in [1.807, 2.05) is 39.0 Å². The number of rotatable bonds is 7. The van der Waals surface area contributed by atoms with E-state index < -0.39 is 0 Å². The van der Waals surface area contributed by atoms with Gasteiger partial charge in [-0.15, -0.1) is 6.58 Å². The van der Waals surface area contributed by atoms with Crippen LogP contribution in [0.5, 0.6) is 0 Å². The summed E-state index contributed by atoms with van der Waals surface area (Å²) in [4.78, 5) is 27.7. The number of hydrogen-bond donors (Lipinski definition) is 3. The SMILES string of the molecule is C=CCN(c1cc(Cl)cc(C(=O)NCC2C(=O)NC(C)=CC2C)c1C)C1CCNCC1. The third-order valence-electron chi connectivity index (χ3n) is 6.26. The second kappa shape index (κ2) is 10.3. The van der Waals surface area contributed by atoms with Gasteiger partial charge < -0.3 is 20.9 Å². The van der Waals surface area contributed by atoms with Gasteiger partial charge >= 0.3 is 0 Å². The molecule has 2 unspecified atom stereocenters. The average molecular weight is 445 g/mol. The number of hydrogen-bond acceptors (Lipinski definition) is 4. The molecule has 2 aliphatic rings. The van der Waals surface area contributed by atoms with Crippen molar-refractivity contribution in [2.45, 2.75) is 39.7 Å². The molecule has 3 rings (SSSR count). The van der Waals surface area contributed by atoms with E-state index in [1.54, 1.807) is 6.07 Å². The Morgan fingerprint density at radius 3 is 2.68 bits per heavy atom. The maximum Gasteiger partial charge on any atom is 0.251 e. The first-order valence-corrected chi connectivity index (χ1v) is 11.4. The van der Waals surface area contributed by atoms with E-state index in [1.165, 1.54) is 0 Å². The van der Waals surface area contributed by atoms with Crippen LogP contribution in [0.2, 0.25) is 5.02 Å². The van der Waals surface area contributed by atoms with Crippen LogP contribution in [0, 0.1) is 18.8 Å². The highest BCUT2D eigenvalue weighted by Crippen LogP contribution is 2.31. The number of carbonyl (C=O) groups excluding carboxylic acids is 2. The van der Waals surface area contributed by atoms with Crippen LogP contribution < -0.4 is 20.9 Å². The highest BCUT2D eigenvalue weighted by molar-refractivity contribution is 6.31. The smallest absolute Gasteiger partial charge is 0.251 e. The van der Waals surface area contributed by atoms with Crippen LogP contribution in [0.1, 0.15) is 42.6 Å². The zero-order valence-corrected chi connectivity index (χ0v) is 19.4. The molecule has 1 fully saturated rings. The van der Waals surface area contributed by atoms with E-state index in [2.05, 4.69) is 27.4 Å². The predicted molar refractivity (Wildman–Crippen MR) is 127 cm³/mol. The first-order valence-electron chi connectivity index (χ1n) is 11.0. The van der Waals surface area contributed by atoms with Crippen LogP contribution in [0.25, 0.3) is 0 Å². The summed E-state index contributed by atoms with van der Waals surface area (Å²) in [6, 6.07) is 4.01. The Bertz CT molecular complexity index is 877. The minimum atomic E-state index is -0.293. The Kier molecular flexibility index (Phi) is 7.79. The second-order valence-corrected chi connectivity index (χ2v) is 8.97. The first kappa shape index (κ1) is 23.4. The molecule has 1 aromatic carbocycles. The van der Waals surface area contributed by atoms with Crippen molar-refractivity contribution in [2.75, 3.05) is 31.1 Å². The van der Waals surface area contributed by atoms with E-state index in [0.29, 0.717) is 23.2 Å². The van der Waals surface area contributed by atoms with Crippen molar-refractivity contribution in [1.82, 2.24) is 16.0 Å². The Hall–Kier alpha value is -2.31. The van der Waals surface area contributed by atoms with E-state index in [-0.39, 0.29) is 30.2 Å². The average Bonchev–Trinajstić information content (AvgIpc) is 2.73. The zero-order valence-electron chi connectivity index (χ0n) is 18.6. The Labute approximate surface area is 190 Å². The van der Waals surface area contributed by atoms with Crippen molar-refractivity contribution in [3.8, 4) is 0 Å². The van der Waals surface area contributed by atoms with Crippen molar-refractivity contribution < 1.29 is 9.59 Å². The molecular formula is C24H33ClN4O2. The number of piperidine rings is 1. The van der Waals surface area contributed by atoms with Gasteiger partial charge in [-0.2, -0.15) is 0 Å². The predicted octanol–water partition coefficient (Wildman–Crippen LogP) is 3.41. The lowest BCUT2D eigenvalue weighted by atomic mass is 9.89. The molecule has 3 N–H and O–H groups in total. The first-order chi connectivity index (χ1) is 14.8. The van der Waals surface area contributed by atoms with Crippen LogP contribution in [0.15, 0.2) is 36.6 Å². The van der Waals surface area contributed by atoms with Gasteiger partial charge in [-0.1, -0.05) is 30.7 Å². The van der Waals surface area contributed by atoms with Gasteiger partial charge in [-0.3, -0.25) is 9.59 Å². The molecule has 0 aromatic heterocycles. The number of allylic oxidation sites excluding steroid dienone is 2. The molecule has 168 valence electrons. The molecule has 2 heterocycles. The van der Waals surface area contributed by atoms with Gasteiger partial charge in [0, 0.05) is 41.1 Å². The Balaban J connectivity index is 1.81. The molecular weight excluding hydrogens is 412 g/mol. The summed E-state index contributed by atoms with van der Waals surface area (Å²) in [5.41, 5.74) is 3.25. The van der Waals surface area contributed by atoms with Crippen LogP contribution in [-0.2, 0) is 4.79 Å². The van der Waals surface area contributed by atoms with Crippen LogP contribution in [-0.4, -0.2) is 44.0 Å². The summed E-state index contributed by atoms with van der Waals surface area (Å²) in [5, 5.41) is 9.72. The van der Waals surface area contributed by atoms with Gasteiger partial charge in [0.2, 0.25) is 5.91 Å². The van der Waals surface area contributed by atoms with Crippen molar-refractivity contribution in [3.63, 3.8) is 0 Å². The fourth-order valence-corrected chi connectivity index (χ4v) is 4.77. The molecule has 2 amide bonds. The van der Waals surface area contributed by atoms with Crippen LogP contribution in [0.4, 0.5) is 5.69 Å². The standard InChI is InChI=1S/C24H33ClN4O2/c1-5-10-29(19-6-8-26-9-7-19)22-13-18(25)12-20(17(22)4)23(30)27-14-21-15(2)11-16(3)28-24(21)31/h5,11-13,15,19,21,26H,1,6-10,14H2,2-4H3,(H,27,30)(H,28,31). The summed E-state index contributed by atoms with van der Waals surface area (Å²) >= 11 is 6.44. The lowest BCUT2D eigenvalue weighted by Crippen LogP contribution is -2.44. The largest absolute Gasteiger partial charge is 0.364 e. The van der Waals surface area contributed by atoms with Gasteiger partial charge in [-0.05, 0) is 63.4 Å². The van der Waals surface area contributed by atoms with Crippen LogP contribution in [0.3, 0.4) is 0 Å². The monoisotopic (exact) mass is 444 g/mol. The number of nitrogens with zero attached hydrogens (tertiary/aromatic N) is 1. The van der Waals surface area contributed by atoms with E-state index >= 15 is 0 Å². The highest BCUT2D eigenvalue weighted by atomic mass is 35.5. The van der Waals surface area contributed by atoms with Crippen LogP contribution >= 0.6 is 11.6 Å². The van der Waals surface area contributed by atoms with Gasteiger partial charge in [0.15, 0.2) is 0 Å². The molecule has 0 bridgehead atoms. The van der Waals surface area contributed by atoms with Gasteiger partial charge in [0.1, 0.15) is 0 Å². The van der Waals surface area contributed by atoms with Crippen molar-refractivity contribution in [2.24, 2.45) is 11.8 Å². The number of benzene rings is 1. The molecule has 2 aliphatic heterocycles. The Morgan fingerprint density at radius 1 is 1.32 bits per heavy atom. The molecule has 1 saturated heterocycles. The quantitative estimate of drug-likeness (QED) is 0.563. The van der Waals surface area contributed by atoms with E-state index in [9.17, 15) is 9.59 Å². The zero-order chi connectivity index (χ0) is 22.5. The van der Waals surface area contributed by atoms with Gasteiger partial charge in [-0.25, -0.2) is 0 Å². The van der Waals surface area contributed by atoms with Crippen molar-refractivity contribution in [3.05, 3.63) is 52.7 Å². The molecule has 0 aliphatic carbocycles. The number of nitrogens with one attached hydrogen (secondary N) is 3. The minimum Gasteiger partial charge on any atom is -0.364 e. The summed E-state index contributed by atoms with van der Waals surface area (Å²) in [6.45, 7) is 12.7. The number of amides is 2. The fourth-order valence-electron chi connectivity index (χ4n) is 4.55. The van der Waals surface area contributed by atoms with Gasteiger partial charge in [0.25, 0.3) is 5.91 Å². The molecule has 7 heteroatoms. The maximum absolute atomic E-state index is 13.1. The summed E-state index contributed by atoms with van der Waals surface area (Å²) in [7, 11) is 0. The summed E-state index contributed by atoms with van der Waals surface area (Å²) in [6.07, 6.45) is 5.97. The molecule has 0 radical (unpaired) electrons. The van der Waals surface area contributed by atoms with Gasteiger partial charge in [0.05, 0.1) is 5.92 Å². The molecule has 2 atom stereocenters.